The molecule has 1 aromatic heterocycles. The Morgan fingerprint density at radius 2 is 1.90 bits per heavy atom. The topological polar surface area (TPSA) is 91.7 Å². The minimum Gasteiger partial charge on any atom is -0.496 e. The summed E-state index contributed by atoms with van der Waals surface area (Å²) < 4.78 is 17.8. The third-order valence-corrected chi connectivity index (χ3v) is 4.87. The second-order valence-electron chi connectivity index (χ2n) is 7.02. The zero-order valence-corrected chi connectivity index (χ0v) is 17.2. The lowest BCUT2D eigenvalue weighted by Crippen LogP contribution is -2.33. The first-order valence-corrected chi connectivity index (χ1v) is 10.0. The van der Waals surface area contributed by atoms with E-state index >= 15 is 0 Å². The fraction of sp³-hybridized carbons (Fsp3) is 0.261. The maximum absolute atomic E-state index is 12.4. The van der Waals surface area contributed by atoms with Crippen LogP contribution in [0.1, 0.15) is 12.0 Å². The number of methoxy groups -OCH3 is 1. The number of aromatic nitrogens is 2. The van der Waals surface area contributed by atoms with Crippen molar-refractivity contribution in [1.29, 1.82) is 0 Å². The molecule has 0 fully saturated rings. The highest BCUT2D eigenvalue weighted by molar-refractivity contribution is 5.75. The van der Waals surface area contributed by atoms with Crippen LogP contribution in [0.15, 0.2) is 59.4 Å². The second kappa shape index (κ2) is 9.34. The van der Waals surface area contributed by atoms with Crippen LogP contribution < -0.4 is 25.1 Å². The normalized spacial score (nSPS) is 12.7. The van der Waals surface area contributed by atoms with Crippen LogP contribution in [0.25, 0.3) is 11.3 Å². The van der Waals surface area contributed by atoms with Crippen molar-refractivity contribution >= 4 is 5.91 Å². The average Bonchev–Trinajstić information content (AvgIpc) is 3.04. The van der Waals surface area contributed by atoms with E-state index in [1.807, 2.05) is 42.5 Å². The van der Waals surface area contributed by atoms with E-state index in [0.29, 0.717) is 42.7 Å². The molecular weight excluding hydrogens is 398 g/mol. The summed E-state index contributed by atoms with van der Waals surface area (Å²) in [6.45, 7) is 1.29. The number of hydrogen-bond donors (Lipinski definition) is 1. The monoisotopic (exact) mass is 421 g/mol. The van der Waals surface area contributed by atoms with Crippen LogP contribution >= 0.6 is 0 Å². The lowest BCUT2D eigenvalue weighted by molar-refractivity contribution is -0.122. The summed E-state index contributed by atoms with van der Waals surface area (Å²) in [5, 5.41) is 7.17. The predicted molar refractivity (Wildman–Crippen MR) is 114 cm³/mol. The van der Waals surface area contributed by atoms with Crippen LogP contribution in [-0.2, 0) is 17.9 Å². The smallest absolute Gasteiger partial charge is 0.267 e. The molecule has 0 unspecified atom stereocenters. The van der Waals surface area contributed by atoms with Gasteiger partial charge in [-0.25, -0.2) is 4.68 Å². The molecule has 0 spiro atoms. The molecule has 0 saturated carbocycles. The fourth-order valence-electron chi connectivity index (χ4n) is 3.27. The Morgan fingerprint density at radius 3 is 2.74 bits per heavy atom. The summed E-state index contributed by atoms with van der Waals surface area (Å²) in [7, 11) is 1.58. The zero-order valence-electron chi connectivity index (χ0n) is 17.2. The highest BCUT2D eigenvalue weighted by Gasteiger charge is 2.14. The van der Waals surface area contributed by atoms with Crippen LogP contribution in [0.3, 0.4) is 0 Å². The molecule has 160 valence electrons. The number of benzene rings is 2. The number of ether oxygens (including phenoxy) is 3. The van der Waals surface area contributed by atoms with E-state index in [0.717, 1.165) is 22.2 Å². The van der Waals surface area contributed by atoms with Crippen molar-refractivity contribution in [3.8, 4) is 28.5 Å². The minimum absolute atomic E-state index is 0.188. The number of para-hydroxylation sites is 1. The van der Waals surface area contributed by atoms with E-state index in [-0.39, 0.29) is 18.0 Å². The van der Waals surface area contributed by atoms with Crippen LogP contribution in [0.5, 0.6) is 17.2 Å². The first kappa shape index (κ1) is 20.5. The molecule has 1 aliphatic heterocycles. The van der Waals surface area contributed by atoms with Crippen LogP contribution in [0, 0.1) is 0 Å². The van der Waals surface area contributed by atoms with Gasteiger partial charge >= 0.3 is 0 Å². The van der Waals surface area contributed by atoms with E-state index in [1.165, 1.54) is 6.07 Å². The van der Waals surface area contributed by atoms with Crippen LogP contribution in [0.2, 0.25) is 0 Å². The van der Waals surface area contributed by atoms with Gasteiger partial charge in [-0.15, -0.1) is 0 Å². The van der Waals surface area contributed by atoms with Gasteiger partial charge in [-0.2, -0.15) is 5.10 Å². The van der Waals surface area contributed by atoms with Gasteiger partial charge in [0, 0.05) is 30.2 Å². The Bertz CT molecular complexity index is 1140. The van der Waals surface area contributed by atoms with Crippen molar-refractivity contribution in [2.75, 3.05) is 20.3 Å². The number of carbonyl (C=O) groups excluding carboxylic acids is 1. The predicted octanol–water partition coefficient (Wildman–Crippen LogP) is 2.40. The van der Waals surface area contributed by atoms with Gasteiger partial charge in [0.2, 0.25) is 5.91 Å². The van der Waals surface area contributed by atoms with Crippen molar-refractivity contribution in [1.82, 2.24) is 15.1 Å². The Kier molecular flexibility index (Phi) is 6.16. The second-order valence-corrected chi connectivity index (χ2v) is 7.02. The summed E-state index contributed by atoms with van der Waals surface area (Å²) in [6, 6.07) is 16.0. The van der Waals surface area contributed by atoms with Gasteiger partial charge in [0.15, 0.2) is 11.5 Å². The average molecular weight is 421 g/mol. The maximum atomic E-state index is 12.4. The van der Waals surface area contributed by atoms with Gasteiger partial charge in [-0.1, -0.05) is 18.2 Å². The molecule has 0 aliphatic carbocycles. The van der Waals surface area contributed by atoms with Crippen LogP contribution in [-0.4, -0.2) is 36.0 Å². The van der Waals surface area contributed by atoms with Gasteiger partial charge in [0.05, 0.1) is 26.0 Å². The molecule has 0 atom stereocenters. The minimum atomic E-state index is -0.356. The highest BCUT2D eigenvalue weighted by Crippen LogP contribution is 2.33. The number of hydrogen-bond acceptors (Lipinski definition) is 6. The molecular formula is C23H23N3O5. The number of amides is 1. The summed E-state index contributed by atoms with van der Waals surface area (Å²) in [5.41, 5.74) is 1.82. The molecule has 1 amide bonds. The Morgan fingerprint density at radius 1 is 1.10 bits per heavy atom. The van der Waals surface area contributed by atoms with Crippen molar-refractivity contribution < 1.29 is 19.0 Å². The SMILES string of the molecule is COc1ccccc1CNC(=O)Cn1nc(-c2ccc3c(c2)OCCCO3)ccc1=O. The number of rotatable bonds is 6. The molecule has 1 N–H and O–H groups in total. The highest BCUT2D eigenvalue weighted by atomic mass is 16.5. The largest absolute Gasteiger partial charge is 0.496 e. The molecule has 0 bridgehead atoms. The van der Waals surface area contributed by atoms with Gasteiger partial charge < -0.3 is 19.5 Å². The molecule has 2 aromatic carbocycles. The van der Waals surface area contributed by atoms with Crippen molar-refractivity contribution in [3.63, 3.8) is 0 Å². The molecule has 0 saturated heterocycles. The van der Waals surface area contributed by atoms with Gasteiger partial charge in [0.25, 0.3) is 5.56 Å². The first-order valence-electron chi connectivity index (χ1n) is 10.0. The lowest BCUT2D eigenvalue weighted by Gasteiger charge is -2.11. The molecule has 2 heterocycles. The quantitative estimate of drug-likeness (QED) is 0.657. The standard InChI is InChI=1S/C23H23N3O5/c1-29-19-6-3-2-5-17(19)14-24-22(27)15-26-23(28)10-8-18(25-26)16-7-9-20-21(13-16)31-12-4-11-30-20/h2-3,5-10,13H,4,11-12,14-15H2,1H3,(H,24,27). The molecule has 0 radical (unpaired) electrons. The lowest BCUT2D eigenvalue weighted by atomic mass is 10.1. The van der Waals surface area contributed by atoms with E-state index in [4.69, 9.17) is 14.2 Å². The molecule has 1 aliphatic rings. The van der Waals surface area contributed by atoms with E-state index in [1.54, 1.807) is 13.2 Å². The Balaban J connectivity index is 1.48. The third-order valence-electron chi connectivity index (χ3n) is 4.87. The Hall–Kier alpha value is -3.81. The van der Waals surface area contributed by atoms with E-state index < -0.39 is 0 Å². The number of fused-ring (bicyclic) bond motifs is 1. The summed E-state index contributed by atoms with van der Waals surface area (Å²) in [5.74, 6) is 1.69. The van der Waals surface area contributed by atoms with Crippen molar-refractivity contribution in [2.24, 2.45) is 0 Å². The van der Waals surface area contributed by atoms with Crippen molar-refractivity contribution in [2.45, 2.75) is 19.5 Å². The molecule has 4 rings (SSSR count). The van der Waals surface area contributed by atoms with Gasteiger partial charge in [0.1, 0.15) is 12.3 Å². The zero-order chi connectivity index (χ0) is 21.6. The van der Waals surface area contributed by atoms with E-state index in [9.17, 15) is 9.59 Å². The van der Waals surface area contributed by atoms with Crippen LogP contribution in [0.4, 0.5) is 0 Å². The summed E-state index contributed by atoms with van der Waals surface area (Å²) in [6.07, 6.45) is 0.817. The summed E-state index contributed by atoms with van der Waals surface area (Å²) in [4.78, 5) is 24.7. The molecule has 8 nitrogen and oxygen atoms in total. The molecule has 8 heteroatoms. The number of carbonyl (C=O) groups is 1. The number of nitrogens with zero attached hydrogens (tertiary/aromatic N) is 2. The van der Waals surface area contributed by atoms with Gasteiger partial charge in [-0.3, -0.25) is 9.59 Å². The Labute approximate surface area is 179 Å². The first-order chi connectivity index (χ1) is 15.1. The van der Waals surface area contributed by atoms with Crippen molar-refractivity contribution in [3.05, 3.63) is 70.5 Å². The fourth-order valence-corrected chi connectivity index (χ4v) is 3.27. The number of nitrogens with one attached hydrogen (secondary N) is 1. The maximum Gasteiger partial charge on any atom is 0.267 e. The van der Waals surface area contributed by atoms with E-state index in [2.05, 4.69) is 10.4 Å². The molecule has 31 heavy (non-hydrogen) atoms. The van der Waals surface area contributed by atoms with Gasteiger partial charge in [-0.05, 0) is 30.3 Å². The summed E-state index contributed by atoms with van der Waals surface area (Å²) >= 11 is 0. The molecule has 3 aromatic rings. The third kappa shape index (κ3) is 4.85.